The third-order valence-corrected chi connectivity index (χ3v) is 4.48. The molecule has 23 heavy (non-hydrogen) atoms. The van der Waals surface area contributed by atoms with Gasteiger partial charge in [-0.2, -0.15) is 5.10 Å². The highest BCUT2D eigenvalue weighted by Gasteiger charge is 2.26. The van der Waals surface area contributed by atoms with Crippen molar-refractivity contribution in [3.05, 3.63) is 30.3 Å². The molecular weight excluding hydrogens is 322 g/mol. The maximum Gasteiger partial charge on any atom is 0.289 e. The molecule has 2 aromatic rings. The molecule has 3 heterocycles. The first-order chi connectivity index (χ1) is 10.8. The number of primary sulfonamides is 1. The Kier molecular flexibility index (Phi) is 3.86. The molecule has 9 nitrogen and oxygen atoms in total. The fourth-order valence-electron chi connectivity index (χ4n) is 2.48. The van der Waals surface area contributed by atoms with Crippen molar-refractivity contribution in [2.75, 3.05) is 31.1 Å². The standard InChI is InChI=1S/C13H17N5O4S/c1-16-9-10(8-15-16)17-4-6-18(7-5-17)13(19)11-2-3-12(22-11)23(14,20)21/h2-3,8-9H,4-7H2,1H3,(H2,14,20,21). The molecule has 2 N–H and O–H groups in total. The first-order valence-electron chi connectivity index (χ1n) is 7.00. The monoisotopic (exact) mass is 339 g/mol. The van der Waals surface area contributed by atoms with Crippen molar-refractivity contribution in [1.82, 2.24) is 14.7 Å². The summed E-state index contributed by atoms with van der Waals surface area (Å²) in [5, 5.41) is 8.69. The van der Waals surface area contributed by atoms with Gasteiger partial charge in [-0.3, -0.25) is 9.48 Å². The fourth-order valence-corrected chi connectivity index (χ4v) is 2.95. The Labute approximate surface area is 133 Å². The SMILES string of the molecule is Cn1cc(N2CCN(C(=O)c3ccc(S(N)(=O)=O)o3)CC2)cn1. The Morgan fingerprint density at radius 1 is 1.26 bits per heavy atom. The smallest absolute Gasteiger partial charge is 0.289 e. The molecule has 0 unspecified atom stereocenters. The molecule has 0 aromatic carbocycles. The number of aryl methyl sites for hydroxylation is 1. The molecule has 1 aliphatic heterocycles. The lowest BCUT2D eigenvalue weighted by molar-refractivity contribution is 0.0709. The number of nitrogens with two attached hydrogens (primary N) is 1. The predicted molar refractivity (Wildman–Crippen MR) is 81.4 cm³/mol. The van der Waals surface area contributed by atoms with Crippen LogP contribution in [0.25, 0.3) is 0 Å². The Bertz CT molecular complexity index is 817. The van der Waals surface area contributed by atoms with E-state index in [0.717, 1.165) is 5.69 Å². The van der Waals surface area contributed by atoms with Gasteiger partial charge in [-0.15, -0.1) is 0 Å². The highest BCUT2D eigenvalue weighted by molar-refractivity contribution is 7.89. The molecule has 1 amide bonds. The number of carbonyl (C=O) groups excluding carboxylic acids is 1. The first-order valence-corrected chi connectivity index (χ1v) is 8.55. The van der Waals surface area contributed by atoms with Crippen LogP contribution in [0, 0.1) is 0 Å². The van der Waals surface area contributed by atoms with Gasteiger partial charge in [0.15, 0.2) is 5.76 Å². The Hall–Kier alpha value is -2.33. The molecular formula is C13H17N5O4S. The lowest BCUT2D eigenvalue weighted by Crippen LogP contribution is -2.48. The lowest BCUT2D eigenvalue weighted by atomic mass is 10.2. The van der Waals surface area contributed by atoms with E-state index < -0.39 is 15.1 Å². The van der Waals surface area contributed by atoms with Crippen LogP contribution >= 0.6 is 0 Å². The van der Waals surface area contributed by atoms with Gasteiger partial charge in [0, 0.05) is 39.4 Å². The third kappa shape index (κ3) is 3.22. The summed E-state index contributed by atoms with van der Waals surface area (Å²) in [6, 6.07) is 2.52. The van der Waals surface area contributed by atoms with E-state index in [1.165, 1.54) is 12.1 Å². The number of hydrogen-bond donors (Lipinski definition) is 1. The van der Waals surface area contributed by atoms with Crippen molar-refractivity contribution in [1.29, 1.82) is 0 Å². The van der Waals surface area contributed by atoms with Crippen LogP contribution in [0.15, 0.2) is 34.0 Å². The summed E-state index contributed by atoms with van der Waals surface area (Å²) in [7, 11) is -2.09. The van der Waals surface area contributed by atoms with Gasteiger partial charge in [-0.05, 0) is 12.1 Å². The van der Waals surface area contributed by atoms with Crippen LogP contribution in [0.5, 0.6) is 0 Å². The summed E-state index contributed by atoms with van der Waals surface area (Å²) in [5.74, 6) is -0.366. The molecule has 1 fully saturated rings. The van der Waals surface area contributed by atoms with Crippen LogP contribution in [0.1, 0.15) is 10.6 Å². The number of rotatable bonds is 3. The van der Waals surface area contributed by atoms with E-state index in [1.807, 2.05) is 13.2 Å². The molecule has 2 aromatic heterocycles. The van der Waals surface area contributed by atoms with Crippen LogP contribution in [0.3, 0.4) is 0 Å². The molecule has 0 radical (unpaired) electrons. The number of nitrogens with zero attached hydrogens (tertiary/aromatic N) is 4. The van der Waals surface area contributed by atoms with E-state index in [1.54, 1.807) is 15.8 Å². The summed E-state index contributed by atoms with van der Waals surface area (Å²) in [5.41, 5.74) is 1.01. The zero-order valence-corrected chi connectivity index (χ0v) is 13.4. The molecule has 124 valence electrons. The molecule has 3 rings (SSSR count). The molecule has 0 aliphatic carbocycles. The van der Waals surface area contributed by atoms with Gasteiger partial charge >= 0.3 is 0 Å². The number of carbonyl (C=O) groups is 1. The number of hydrogen-bond acceptors (Lipinski definition) is 6. The number of piperazine rings is 1. The third-order valence-electron chi connectivity index (χ3n) is 3.70. The number of amides is 1. The maximum atomic E-state index is 12.3. The normalized spacial score (nSPS) is 15.9. The highest BCUT2D eigenvalue weighted by Crippen LogP contribution is 2.18. The zero-order chi connectivity index (χ0) is 16.6. The average molecular weight is 339 g/mol. The van der Waals surface area contributed by atoms with Crippen molar-refractivity contribution in [2.24, 2.45) is 12.2 Å². The topological polar surface area (TPSA) is 115 Å². The van der Waals surface area contributed by atoms with Crippen LogP contribution < -0.4 is 10.0 Å². The quantitative estimate of drug-likeness (QED) is 0.815. The van der Waals surface area contributed by atoms with Gasteiger partial charge in [-0.25, -0.2) is 13.6 Å². The predicted octanol–water partition coefficient (Wildman–Crippen LogP) is -0.377. The number of aromatic nitrogens is 2. The summed E-state index contributed by atoms with van der Waals surface area (Å²) < 4.78 is 29.2. The van der Waals surface area contributed by atoms with Crippen molar-refractivity contribution >= 4 is 21.6 Å². The Balaban J connectivity index is 1.65. The molecule has 0 bridgehead atoms. The van der Waals surface area contributed by atoms with Crippen molar-refractivity contribution in [3.8, 4) is 0 Å². The minimum absolute atomic E-state index is 0.0242. The summed E-state index contributed by atoms with van der Waals surface area (Å²) in [4.78, 5) is 16.1. The van der Waals surface area contributed by atoms with Gasteiger partial charge in [-0.1, -0.05) is 0 Å². The summed E-state index contributed by atoms with van der Waals surface area (Å²) in [6.45, 7) is 2.36. The van der Waals surface area contributed by atoms with Crippen LogP contribution in [0.2, 0.25) is 0 Å². The van der Waals surface area contributed by atoms with E-state index in [0.29, 0.717) is 26.2 Å². The molecule has 1 saturated heterocycles. The van der Waals surface area contributed by atoms with Crippen LogP contribution in [-0.2, 0) is 17.1 Å². The molecule has 1 aliphatic rings. The summed E-state index contributed by atoms with van der Waals surface area (Å²) in [6.07, 6.45) is 3.70. The molecule has 10 heteroatoms. The minimum atomic E-state index is -3.94. The number of sulfonamides is 1. The molecule has 0 saturated carbocycles. The second-order valence-corrected chi connectivity index (χ2v) is 6.81. The van der Waals surface area contributed by atoms with Gasteiger partial charge in [0.05, 0.1) is 11.9 Å². The second-order valence-electron chi connectivity index (χ2n) is 5.32. The largest absolute Gasteiger partial charge is 0.438 e. The van der Waals surface area contributed by atoms with E-state index in [-0.39, 0.29) is 11.7 Å². The Morgan fingerprint density at radius 2 is 1.96 bits per heavy atom. The van der Waals surface area contributed by atoms with E-state index >= 15 is 0 Å². The summed E-state index contributed by atoms with van der Waals surface area (Å²) >= 11 is 0. The second kappa shape index (κ2) is 5.70. The van der Waals surface area contributed by atoms with E-state index in [4.69, 9.17) is 9.56 Å². The molecule has 0 spiro atoms. The van der Waals surface area contributed by atoms with Crippen LogP contribution in [-0.4, -0.2) is 55.2 Å². The highest BCUT2D eigenvalue weighted by atomic mass is 32.2. The fraction of sp³-hybridized carbons (Fsp3) is 0.385. The van der Waals surface area contributed by atoms with E-state index in [2.05, 4.69) is 10.00 Å². The zero-order valence-electron chi connectivity index (χ0n) is 12.5. The van der Waals surface area contributed by atoms with Crippen molar-refractivity contribution < 1.29 is 17.6 Å². The number of furan rings is 1. The van der Waals surface area contributed by atoms with Crippen molar-refractivity contribution in [3.63, 3.8) is 0 Å². The van der Waals surface area contributed by atoms with Crippen molar-refractivity contribution in [2.45, 2.75) is 5.09 Å². The van der Waals surface area contributed by atoms with Gasteiger partial charge in [0.1, 0.15) is 0 Å². The Morgan fingerprint density at radius 3 is 2.48 bits per heavy atom. The van der Waals surface area contributed by atoms with Gasteiger partial charge < -0.3 is 14.2 Å². The average Bonchev–Trinajstić information content (AvgIpc) is 3.15. The van der Waals surface area contributed by atoms with Gasteiger partial charge in [0.25, 0.3) is 15.9 Å². The molecule has 0 atom stereocenters. The van der Waals surface area contributed by atoms with Crippen LogP contribution in [0.4, 0.5) is 5.69 Å². The first kappa shape index (κ1) is 15.6. The lowest BCUT2D eigenvalue weighted by Gasteiger charge is -2.34. The number of anilines is 1. The van der Waals surface area contributed by atoms with Gasteiger partial charge in [0.2, 0.25) is 5.09 Å². The maximum absolute atomic E-state index is 12.3. The van der Waals surface area contributed by atoms with E-state index in [9.17, 15) is 13.2 Å². The minimum Gasteiger partial charge on any atom is -0.438 e.